The molecule has 2 amide bonds. The zero-order chi connectivity index (χ0) is 22.7. The molecule has 1 fully saturated rings. The number of likely N-dealkylation sites (N-methyl/N-ethyl adjacent to an activating group) is 1. The van der Waals surface area contributed by atoms with Gasteiger partial charge in [-0.2, -0.15) is 0 Å². The minimum Gasteiger partial charge on any atom is -0.341 e. The van der Waals surface area contributed by atoms with Gasteiger partial charge in [0.25, 0.3) is 5.91 Å². The van der Waals surface area contributed by atoms with E-state index in [9.17, 15) is 9.59 Å². The first-order valence-electron chi connectivity index (χ1n) is 11.2. The molecule has 0 aliphatic carbocycles. The van der Waals surface area contributed by atoms with E-state index in [4.69, 9.17) is 0 Å². The molecule has 1 saturated heterocycles. The van der Waals surface area contributed by atoms with Crippen LogP contribution in [-0.2, 0) is 18.3 Å². The summed E-state index contributed by atoms with van der Waals surface area (Å²) in [4.78, 5) is 34.3. The second-order valence-electron chi connectivity index (χ2n) is 8.45. The molecule has 6 nitrogen and oxygen atoms in total. The fourth-order valence-corrected chi connectivity index (χ4v) is 4.46. The van der Waals surface area contributed by atoms with Gasteiger partial charge in [0.15, 0.2) is 5.82 Å². The van der Waals surface area contributed by atoms with Gasteiger partial charge in [0.1, 0.15) is 0 Å². The molecule has 1 atom stereocenters. The van der Waals surface area contributed by atoms with Crippen molar-refractivity contribution in [2.24, 2.45) is 13.0 Å². The molecule has 166 valence electrons. The second kappa shape index (κ2) is 9.39. The highest BCUT2D eigenvalue weighted by Crippen LogP contribution is 2.26. The molecule has 1 aliphatic rings. The Morgan fingerprint density at radius 2 is 1.94 bits per heavy atom. The van der Waals surface area contributed by atoms with Crippen molar-refractivity contribution in [2.45, 2.75) is 20.3 Å². The second-order valence-corrected chi connectivity index (χ2v) is 8.45. The van der Waals surface area contributed by atoms with E-state index in [1.807, 2.05) is 37.1 Å². The summed E-state index contributed by atoms with van der Waals surface area (Å²) in [6.45, 7) is 6.20. The minimum atomic E-state index is -0.284. The molecular weight excluding hydrogens is 400 g/mol. The van der Waals surface area contributed by atoms with Gasteiger partial charge in [-0.3, -0.25) is 9.59 Å². The van der Waals surface area contributed by atoms with Gasteiger partial charge in [0.2, 0.25) is 5.91 Å². The van der Waals surface area contributed by atoms with E-state index in [0.717, 1.165) is 11.1 Å². The summed E-state index contributed by atoms with van der Waals surface area (Å²) in [5, 5.41) is 0. The van der Waals surface area contributed by atoms with Gasteiger partial charge in [-0.15, -0.1) is 0 Å². The van der Waals surface area contributed by atoms with Crippen molar-refractivity contribution >= 4 is 11.8 Å². The monoisotopic (exact) mass is 430 g/mol. The first-order chi connectivity index (χ1) is 15.5. The standard InChI is InChI=1S/C26H30N4O2/c1-4-29-14-15-30(26(32)24-27-12-13-28(24)3)18-22(25(29)31)17-20-9-7-10-21(16-20)23-11-6-5-8-19(23)2/h5-13,16,22H,4,14-15,17-18H2,1-3H3/t22-/m0/s1. The van der Waals surface area contributed by atoms with Gasteiger partial charge >= 0.3 is 0 Å². The number of hydrogen-bond acceptors (Lipinski definition) is 3. The number of carbonyl (C=O) groups is 2. The molecule has 2 aromatic carbocycles. The summed E-state index contributed by atoms with van der Waals surface area (Å²) in [6.07, 6.45) is 3.99. The van der Waals surface area contributed by atoms with E-state index >= 15 is 0 Å². The van der Waals surface area contributed by atoms with E-state index in [0.29, 0.717) is 38.4 Å². The molecule has 32 heavy (non-hydrogen) atoms. The lowest BCUT2D eigenvalue weighted by atomic mass is 9.93. The molecule has 3 aromatic rings. The summed E-state index contributed by atoms with van der Waals surface area (Å²) >= 11 is 0. The van der Waals surface area contributed by atoms with Crippen LogP contribution in [0.4, 0.5) is 0 Å². The molecule has 4 rings (SSSR count). The Bertz CT molecular complexity index is 1120. The average molecular weight is 431 g/mol. The van der Waals surface area contributed by atoms with Gasteiger partial charge < -0.3 is 14.4 Å². The Hall–Kier alpha value is -3.41. The Kier molecular flexibility index (Phi) is 6.40. The van der Waals surface area contributed by atoms with Gasteiger partial charge in [-0.1, -0.05) is 48.5 Å². The lowest BCUT2D eigenvalue weighted by Crippen LogP contribution is -2.38. The Balaban J connectivity index is 1.60. The van der Waals surface area contributed by atoms with Crippen LogP contribution in [0.25, 0.3) is 11.1 Å². The molecule has 0 spiro atoms. The Morgan fingerprint density at radius 1 is 1.12 bits per heavy atom. The number of amides is 2. The van der Waals surface area contributed by atoms with Crippen LogP contribution in [0.15, 0.2) is 60.9 Å². The number of aryl methyl sites for hydroxylation is 2. The van der Waals surface area contributed by atoms with Gasteiger partial charge in [-0.25, -0.2) is 4.98 Å². The zero-order valence-electron chi connectivity index (χ0n) is 19.0. The van der Waals surface area contributed by atoms with Crippen LogP contribution in [0.1, 0.15) is 28.7 Å². The number of aromatic nitrogens is 2. The molecule has 1 aromatic heterocycles. The number of benzene rings is 2. The van der Waals surface area contributed by atoms with Crippen molar-refractivity contribution in [1.29, 1.82) is 0 Å². The van der Waals surface area contributed by atoms with E-state index < -0.39 is 0 Å². The highest BCUT2D eigenvalue weighted by Gasteiger charge is 2.33. The summed E-state index contributed by atoms with van der Waals surface area (Å²) in [7, 11) is 1.82. The quantitative estimate of drug-likeness (QED) is 0.622. The van der Waals surface area contributed by atoms with E-state index in [-0.39, 0.29) is 17.7 Å². The van der Waals surface area contributed by atoms with E-state index in [1.165, 1.54) is 11.1 Å². The summed E-state index contributed by atoms with van der Waals surface area (Å²) < 4.78 is 1.73. The number of rotatable bonds is 5. The fraction of sp³-hybridized carbons (Fsp3) is 0.346. The Morgan fingerprint density at radius 3 is 2.66 bits per heavy atom. The van der Waals surface area contributed by atoms with Crippen LogP contribution in [0.2, 0.25) is 0 Å². The number of nitrogens with zero attached hydrogens (tertiary/aromatic N) is 4. The number of hydrogen-bond donors (Lipinski definition) is 0. The van der Waals surface area contributed by atoms with Gasteiger partial charge in [0.05, 0.1) is 5.92 Å². The van der Waals surface area contributed by atoms with E-state index in [1.54, 1.807) is 21.9 Å². The van der Waals surface area contributed by atoms with Crippen LogP contribution in [0.3, 0.4) is 0 Å². The number of carbonyl (C=O) groups excluding carboxylic acids is 2. The predicted molar refractivity (Wildman–Crippen MR) is 125 cm³/mol. The number of imidazole rings is 1. The third-order valence-corrected chi connectivity index (χ3v) is 6.29. The van der Waals surface area contributed by atoms with Crippen molar-refractivity contribution in [1.82, 2.24) is 19.4 Å². The lowest BCUT2D eigenvalue weighted by molar-refractivity contribution is -0.134. The van der Waals surface area contributed by atoms with Crippen LogP contribution in [-0.4, -0.2) is 57.3 Å². The zero-order valence-corrected chi connectivity index (χ0v) is 19.0. The maximum Gasteiger partial charge on any atom is 0.289 e. The maximum atomic E-state index is 13.3. The van der Waals surface area contributed by atoms with Crippen molar-refractivity contribution in [2.75, 3.05) is 26.2 Å². The van der Waals surface area contributed by atoms with Crippen molar-refractivity contribution in [3.8, 4) is 11.1 Å². The topological polar surface area (TPSA) is 58.4 Å². The minimum absolute atomic E-state index is 0.115. The SMILES string of the molecule is CCN1CCN(C(=O)c2nccn2C)C[C@H](Cc2cccc(-c3ccccc3C)c2)C1=O. The fourth-order valence-electron chi connectivity index (χ4n) is 4.46. The largest absolute Gasteiger partial charge is 0.341 e. The molecule has 1 aliphatic heterocycles. The normalized spacial score (nSPS) is 16.8. The molecule has 0 radical (unpaired) electrons. The van der Waals surface area contributed by atoms with Crippen LogP contribution >= 0.6 is 0 Å². The third kappa shape index (κ3) is 4.44. The smallest absolute Gasteiger partial charge is 0.289 e. The van der Waals surface area contributed by atoms with Crippen LogP contribution in [0.5, 0.6) is 0 Å². The maximum absolute atomic E-state index is 13.3. The molecule has 0 unspecified atom stereocenters. The molecule has 0 bridgehead atoms. The van der Waals surface area contributed by atoms with Crippen LogP contribution < -0.4 is 0 Å². The summed E-state index contributed by atoms with van der Waals surface area (Å²) in [5.74, 6) is 0.113. The van der Waals surface area contributed by atoms with Crippen molar-refractivity contribution in [3.05, 3.63) is 77.9 Å². The van der Waals surface area contributed by atoms with Gasteiger partial charge in [0, 0.05) is 45.6 Å². The molecule has 0 saturated carbocycles. The molecule has 6 heteroatoms. The van der Waals surface area contributed by atoms with Crippen molar-refractivity contribution < 1.29 is 9.59 Å². The first kappa shape index (κ1) is 21.8. The Labute approximate surface area is 189 Å². The molecular formula is C26H30N4O2. The van der Waals surface area contributed by atoms with Crippen LogP contribution in [0, 0.1) is 12.8 Å². The highest BCUT2D eigenvalue weighted by molar-refractivity contribution is 5.91. The van der Waals surface area contributed by atoms with Crippen molar-refractivity contribution in [3.63, 3.8) is 0 Å². The molecule has 2 heterocycles. The summed E-state index contributed by atoms with van der Waals surface area (Å²) in [6, 6.07) is 16.7. The average Bonchev–Trinajstić information content (AvgIpc) is 3.16. The van der Waals surface area contributed by atoms with E-state index in [2.05, 4.69) is 42.2 Å². The molecule has 0 N–H and O–H groups in total. The lowest BCUT2D eigenvalue weighted by Gasteiger charge is -2.23. The highest BCUT2D eigenvalue weighted by atomic mass is 16.2. The third-order valence-electron chi connectivity index (χ3n) is 6.29. The summed E-state index contributed by atoms with van der Waals surface area (Å²) in [5.41, 5.74) is 4.67. The van der Waals surface area contributed by atoms with Gasteiger partial charge in [-0.05, 0) is 42.5 Å². The first-order valence-corrected chi connectivity index (χ1v) is 11.2. The predicted octanol–water partition coefficient (Wildman–Crippen LogP) is 3.56.